The summed E-state index contributed by atoms with van der Waals surface area (Å²) < 4.78 is 0. The molecule has 1 saturated carbocycles. The Hall–Kier alpha value is -2.54. The van der Waals surface area contributed by atoms with Crippen molar-refractivity contribution in [2.45, 2.75) is 44.4 Å². The molecule has 0 amide bonds. The molecule has 0 bridgehead atoms. The van der Waals surface area contributed by atoms with Crippen LogP contribution in [0.25, 0.3) is 0 Å². The maximum Gasteiger partial charge on any atom is 0.0531 e. The quantitative estimate of drug-likeness (QED) is 0.460. The minimum Gasteiger partial charge on any atom is -0.310 e. The Morgan fingerprint density at radius 3 is 2.19 bits per heavy atom. The van der Waals surface area contributed by atoms with E-state index in [2.05, 4.69) is 84.6 Å². The number of nitrogens with zero attached hydrogens (tertiary/aromatic N) is 1. The highest BCUT2D eigenvalue weighted by Crippen LogP contribution is 2.57. The van der Waals surface area contributed by atoms with Crippen molar-refractivity contribution in [2.24, 2.45) is 0 Å². The molecule has 1 heteroatoms. The number of fused-ring (bicyclic) bond motifs is 4. The lowest BCUT2D eigenvalue weighted by atomic mass is 9.62. The molecule has 3 aromatic rings. The van der Waals surface area contributed by atoms with Gasteiger partial charge in [-0.05, 0) is 54.7 Å². The van der Waals surface area contributed by atoms with Crippen LogP contribution in [-0.4, -0.2) is 0 Å². The average molecular weight is 339 g/mol. The molecule has 130 valence electrons. The van der Waals surface area contributed by atoms with Crippen molar-refractivity contribution in [3.8, 4) is 0 Å². The third-order valence-corrected chi connectivity index (χ3v) is 6.36. The molecular formula is C25H25N. The fourth-order valence-electron chi connectivity index (χ4n) is 5.22. The minimum absolute atomic E-state index is 0.182. The summed E-state index contributed by atoms with van der Waals surface area (Å²) in [6.07, 6.45) is 6.56. The summed E-state index contributed by atoms with van der Waals surface area (Å²) in [7, 11) is 0. The second kappa shape index (κ2) is 6.02. The normalized spacial score (nSPS) is 17.7. The molecular weight excluding hydrogens is 314 g/mol. The molecule has 0 radical (unpaired) electrons. The first kappa shape index (κ1) is 15.7. The van der Waals surface area contributed by atoms with Gasteiger partial charge in [0.05, 0.1) is 11.4 Å². The highest BCUT2D eigenvalue weighted by atomic mass is 15.2. The Labute approximate surface area is 156 Å². The number of hydrogen-bond donors (Lipinski definition) is 0. The number of para-hydroxylation sites is 3. The molecule has 0 aromatic heterocycles. The molecule has 2 aliphatic rings. The van der Waals surface area contributed by atoms with E-state index < -0.39 is 0 Å². The molecule has 1 aliphatic heterocycles. The van der Waals surface area contributed by atoms with E-state index in [1.165, 1.54) is 65.9 Å². The minimum atomic E-state index is 0.182. The molecule has 1 heterocycles. The summed E-state index contributed by atoms with van der Waals surface area (Å²) in [5.74, 6) is 0. The molecule has 0 N–H and O–H groups in total. The standard InChI is InChI=1S/C25H25N/c1-19-11-10-15-22-24(19)26(20-12-4-2-5-13-20)23-16-7-6-14-21(23)25(22)17-8-3-9-18-25/h2,4-7,10-16H,3,8-9,17-18H2,1H3. The van der Waals surface area contributed by atoms with Crippen LogP contribution in [0.2, 0.25) is 0 Å². The van der Waals surface area contributed by atoms with Crippen LogP contribution in [0.15, 0.2) is 72.8 Å². The van der Waals surface area contributed by atoms with Crippen molar-refractivity contribution in [1.82, 2.24) is 0 Å². The molecule has 0 atom stereocenters. The van der Waals surface area contributed by atoms with Crippen LogP contribution >= 0.6 is 0 Å². The Morgan fingerprint density at radius 2 is 1.38 bits per heavy atom. The van der Waals surface area contributed by atoms with Crippen LogP contribution in [-0.2, 0) is 5.41 Å². The molecule has 3 aromatic carbocycles. The van der Waals surface area contributed by atoms with Gasteiger partial charge in [0.1, 0.15) is 0 Å². The van der Waals surface area contributed by atoms with Crippen molar-refractivity contribution in [3.05, 3.63) is 89.5 Å². The fourth-order valence-corrected chi connectivity index (χ4v) is 5.22. The van der Waals surface area contributed by atoms with Gasteiger partial charge in [-0.3, -0.25) is 0 Å². The average Bonchev–Trinajstić information content (AvgIpc) is 2.71. The zero-order valence-corrected chi connectivity index (χ0v) is 15.4. The van der Waals surface area contributed by atoms with Gasteiger partial charge >= 0.3 is 0 Å². The lowest BCUT2D eigenvalue weighted by Gasteiger charge is -2.48. The Bertz CT molecular complexity index is 935. The van der Waals surface area contributed by atoms with E-state index in [4.69, 9.17) is 0 Å². The summed E-state index contributed by atoms with van der Waals surface area (Å²) >= 11 is 0. The van der Waals surface area contributed by atoms with Gasteiger partial charge in [0, 0.05) is 11.1 Å². The Balaban J connectivity index is 1.85. The molecule has 1 fully saturated rings. The number of rotatable bonds is 1. The van der Waals surface area contributed by atoms with E-state index in [-0.39, 0.29) is 5.41 Å². The zero-order valence-electron chi connectivity index (χ0n) is 15.4. The second-order valence-electron chi connectivity index (χ2n) is 7.80. The third-order valence-electron chi connectivity index (χ3n) is 6.36. The van der Waals surface area contributed by atoms with Crippen molar-refractivity contribution in [1.29, 1.82) is 0 Å². The summed E-state index contributed by atoms with van der Waals surface area (Å²) in [6, 6.07) is 26.8. The topological polar surface area (TPSA) is 3.24 Å². The monoisotopic (exact) mass is 339 g/mol. The van der Waals surface area contributed by atoms with Crippen LogP contribution in [0.4, 0.5) is 17.1 Å². The number of hydrogen-bond acceptors (Lipinski definition) is 1. The maximum absolute atomic E-state index is 2.49. The van der Waals surface area contributed by atoms with Gasteiger partial charge in [0.25, 0.3) is 0 Å². The first-order valence-electron chi connectivity index (χ1n) is 9.86. The van der Waals surface area contributed by atoms with Crippen molar-refractivity contribution >= 4 is 17.1 Å². The van der Waals surface area contributed by atoms with Crippen LogP contribution in [0.5, 0.6) is 0 Å². The van der Waals surface area contributed by atoms with E-state index in [1.54, 1.807) is 0 Å². The largest absolute Gasteiger partial charge is 0.310 e. The van der Waals surface area contributed by atoms with Crippen LogP contribution in [0.3, 0.4) is 0 Å². The lowest BCUT2D eigenvalue weighted by molar-refractivity contribution is 0.344. The lowest BCUT2D eigenvalue weighted by Crippen LogP contribution is -2.37. The van der Waals surface area contributed by atoms with Crippen LogP contribution < -0.4 is 4.90 Å². The highest BCUT2D eigenvalue weighted by molar-refractivity contribution is 5.87. The Morgan fingerprint density at radius 1 is 0.692 bits per heavy atom. The molecule has 26 heavy (non-hydrogen) atoms. The van der Waals surface area contributed by atoms with Gasteiger partial charge in [0.15, 0.2) is 0 Å². The molecule has 1 nitrogen and oxygen atoms in total. The van der Waals surface area contributed by atoms with Crippen molar-refractivity contribution in [3.63, 3.8) is 0 Å². The third kappa shape index (κ3) is 2.16. The maximum atomic E-state index is 2.49. The Kier molecular flexibility index (Phi) is 3.63. The second-order valence-corrected chi connectivity index (χ2v) is 7.80. The number of benzene rings is 3. The summed E-state index contributed by atoms with van der Waals surface area (Å²) in [5.41, 5.74) is 8.61. The molecule has 5 rings (SSSR count). The van der Waals surface area contributed by atoms with Crippen molar-refractivity contribution < 1.29 is 0 Å². The molecule has 0 saturated heterocycles. The zero-order chi connectivity index (χ0) is 17.6. The first-order chi connectivity index (χ1) is 12.8. The molecule has 0 unspecified atom stereocenters. The predicted molar refractivity (Wildman–Crippen MR) is 110 cm³/mol. The van der Waals surface area contributed by atoms with E-state index in [0.29, 0.717) is 0 Å². The highest BCUT2D eigenvalue weighted by Gasteiger charge is 2.44. The predicted octanol–water partition coefficient (Wildman–Crippen LogP) is 7.03. The summed E-state index contributed by atoms with van der Waals surface area (Å²) in [4.78, 5) is 2.49. The summed E-state index contributed by atoms with van der Waals surface area (Å²) in [6.45, 7) is 2.26. The van der Waals surface area contributed by atoms with Crippen LogP contribution in [0, 0.1) is 6.92 Å². The first-order valence-corrected chi connectivity index (χ1v) is 9.86. The van der Waals surface area contributed by atoms with Gasteiger partial charge < -0.3 is 4.90 Å². The van der Waals surface area contributed by atoms with E-state index in [1.807, 2.05) is 0 Å². The van der Waals surface area contributed by atoms with Gasteiger partial charge in [-0.1, -0.05) is 73.9 Å². The summed E-state index contributed by atoms with van der Waals surface area (Å²) in [5, 5.41) is 0. The number of aryl methyl sites for hydroxylation is 1. The molecule has 1 aliphatic carbocycles. The van der Waals surface area contributed by atoms with Gasteiger partial charge in [-0.15, -0.1) is 0 Å². The molecule has 1 spiro atoms. The van der Waals surface area contributed by atoms with Crippen LogP contribution in [0.1, 0.15) is 48.8 Å². The van der Waals surface area contributed by atoms with Gasteiger partial charge in [0.2, 0.25) is 0 Å². The van der Waals surface area contributed by atoms with E-state index in [0.717, 1.165) is 0 Å². The number of anilines is 3. The van der Waals surface area contributed by atoms with E-state index >= 15 is 0 Å². The smallest absolute Gasteiger partial charge is 0.0531 e. The van der Waals surface area contributed by atoms with Gasteiger partial charge in [-0.25, -0.2) is 0 Å². The SMILES string of the molecule is Cc1cccc2c1N(c1ccccc1)c1ccccc1C21CCCCC1. The van der Waals surface area contributed by atoms with Crippen molar-refractivity contribution in [2.75, 3.05) is 4.90 Å². The van der Waals surface area contributed by atoms with E-state index in [9.17, 15) is 0 Å². The fraction of sp³-hybridized carbons (Fsp3) is 0.280. The van der Waals surface area contributed by atoms with Gasteiger partial charge in [-0.2, -0.15) is 0 Å².